The number of carbonyl (C=O) groups excluding carboxylic acids is 3. The number of hydrazone groups is 1. The van der Waals surface area contributed by atoms with E-state index in [1.165, 1.54) is 30.5 Å². The highest BCUT2D eigenvalue weighted by Crippen LogP contribution is 2.34. The zero-order chi connectivity index (χ0) is 24.9. The van der Waals surface area contributed by atoms with Crippen LogP contribution < -0.4 is 22.0 Å². The molecule has 0 radical (unpaired) electrons. The van der Waals surface area contributed by atoms with E-state index in [0.717, 1.165) is 0 Å². The lowest BCUT2D eigenvalue weighted by atomic mass is 9.83. The Kier molecular flexibility index (Phi) is 7.95. The van der Waals surface area contributed by atoms with E-state index in [2.05, 4.69) is 5.10 Å². The summed E-state index contributed by atoms with van der Waals surface area (Å²) in [5, 5.41) is 3.27. The largest absolute Gasteiger partial charge is 0.425 e. The summed E-state index contributed by atoms with van der Waals surface area (Å²) < 4.78 is 75.1. The van der Waals surface area contributed by atoms with Crippen molar-refractivity contribution in [2.75, 3.05) is 0 Å². The van der Waals surface area contributed by atoms with Gasteiger partial charge in [-0.3, -0.25) is 4.79 Å². The molecule has 0 saturated heterocycles. The molecule has 176 valence electrons. The van der Waals surface area contributed by atoms with Crippen LogP contribution in [0, 0.1) is 29.1 Å². The Bertz CT molecular complexity index is 1080. The second-order valence-electron chi connectivity index (χ2n) is 6.80. The summed E-state index contributed by atoms with van der Waals surface area (Å²) in [5.41, 5.74) is 6.74. The highest BCUT2D eigenvalue weighted by atomic mass is 19.2. The predicted octanol–water partition coefficient (Wildman–Crippen LogP) is 1.31. The van der Waals surface area contributed by atoms with Gasteiger partial charge in [0.25, 0.3) is 0 Å². The van der Waals surface area contributed by atoms with Gasteiger partial charge < -0.3 is 26.8 Å². The molecule has 2 aromatic carbocycles. The number of carbonyl (C=O) groups is 3. The van der Waals surface area contributed by atoms with Crippen LogP contribution >= 0.6 is 0 Å². The van der Waals surface area contributed by atoms with Crippen molar-refractivity contribution < 1.29 is 41.1 Å². The lowest BCUT2D eigenvalue weighted by molar-refractivity contribution is -0.143. The number of rotatable bonds is 9. The van der Waals surface area contributed by atoms with Crippen molar-refractivity contribution >= 4 is 24.3 Å². The van der Waals surface area contributed by atoms with Gasteiger partial charge in [-0.15, -0.1) is 0 Å². The lowest BCUT2D eigenvalue weighted by Crippen LogP contribution is -2.52. The first-order valence-corrected chi connectivity index (χ1v) is 9.06. The quantitative estimate of drug-likeness (QED) is 0.0573. The fourth-order valence-electron chi connectivity index (χ4n) is 2.81. The van der Waals surface area contributed by atoms with Crippen LogP contribution in [0.15, 0.2) is 29.4 Å². The molecular formula is C20H17F5N4O4. The predicted molar refractivity (Wildman–Crippen MR) is 104 cm³/mol. The monoisotopic (exact) mass is 472 g/mol. The topological polar surface area (TPSA) is 151 Å². The molecule has 0 saturated carbocycles. The Hall–Kier alpha value is -3.71. The molecule has 0 aliphatic carbocycles. The molecule has 0 spiro atoms. The summed E-state index contributed by atoms with van der Waals surface area (Å²) in [6.07, 6.45) is -0.396. The number of hydrogen-bond donors (Lipinski definition) is 3. The molecule has 2 atom stereocenters. The van der Waals surface area contributed by atoms with Gasteiger partial charge in [-0.05, 0) is 29.8 Å². The molecule has 2 unspecified atom stereocenters. The van der Waals surface area contributed by atoms with E-state index < -0.39 is 70.8 Å². The van der Waals surface area contributed by atoms with E-state index in [4.69, 9.17) is 22.0 Å². The van der Waals surface area contributed by atoms with Crippen LogP contribution in [0.2, 0.25) is 0 Å². The minimum absolute atomic E-state index is 0.252. The third-order valence-corrected chi connectivity index (χ3v) is 4.55. The summed E-state index contributed by atoms with van der Waals surface area (Å²) in [4.78, 5) is 35.8. The molecule has 0 fully saturated rings. The number of ether oxygens (including phenoxy) is 1. The number of hydrogen-bond acceptors (Lipinski definition) is 8. The summed E-state index contributed by atoms with van der Waals surface area (Å²) in [6.45, 7) is 0. The molecule has 13 heteroatoms. The van der Waals surface area contributed by atoms with Crippen molar-refractivity contribution in [3.8, 4) is 5.75 Å². The van der Waals surface area contributed by atoms with Crippen molar-refractivity contribution in [3.05, 3.63) is 64.5 Å². The van der Waals surface area contributed by atoms with Crippen LogP contribution in [0.3, 0.4) is 0 Å². The summed E-state index contributed by atoms with van der Waals surface area (Å²) in [6, 6.07) is 3.54. The second kappa shape index (κ2) is 10.3. The van der Waals surface area contributed by atoms with Gasteiger partial charge in [-0.1, -0.05) is 0 Å². The summed E-state index contributed by atoms with van der Waals surface area (Å²) in [5.74, 6) is -10.3. The zero-order valence-corrected chi connectivity index (χ0v) is 16.7. The van der Waals surface area contributed by atoms with Crippen LogP contribution in [-0.2, 0) is 19.9 Å². The molecule has 2 rings (SSSR count). The van der Waals surface area contributed by atoms with Gasteiger partial charge in [0.1, 0.15) is 12.0 Å². The number of esters is 1. The van der Waals surface area contributed by atoms with Crippen molar-refractivity contribution in [1.29, 1.82) is 0 Å². The Morgan fingerprint density at radius 1 is 1.00 bits per heavy atom. The van der Waals surface area contributed by atoms with Gasteiger partial charge >= 0.3 is 5.97 Å². The highest BCUT2D eigenvalue weighted by Gasteiger charge is 2.47. The van der Waals surface area contributed by atoms with E-state index in [1.807, 2.05) is 0 Å². The number of nitrogens with zero attached hydrogens (tertiary/aromatic N) is 1. The van der Waals surface area contributed by atoms with Crippen LogP contribution in [0.25, 0.3) is 0 Å². The average molecular weight is 472 g/mol. The lowest BCUT2D eigenvalue weighted by Gasteiger charge is -2.29. The molecule has 0 amide bonds. The van der Waals surface area contributed by atoms with Crippen molar-refractivity contribution in [1.82, 2.24) is 0 Å². The molecule has 8 nitrogen and oxygen atoms in total. The molecule has 0 aromatic heterocycles. The minimum Gasteiger partial charge on any atom is -0.425 e. The Morgan fingerprint density at radius 3 is 2.00 bits per heavy atom. The molecule has 33 heavy (non-hydrogen) atoms. The van der Waals surface area contributed by atoms with Crippen LogP contribution in [-0.4, -0.2) is 30.3 Å². The maximum atomic E-state index is 14.5. The van der Waals surface area contributed by atoms with Crippen LogP contribution in [0.5, 0.6) is 5.75 Å². The third-order valence-electron chi connectivity index (χ3n) is 4.55. The standard InChI is InChI=1S/C20H17F5N4O4/c21-14-13(15(22)17(24)18(25)16(14)23)20(27,7-12(31)11(26)5-6-30)19(32)33-10-3-1-9(2-4-10)8-29-28/h1-4,6,8,11H,5,7,26-28H2. The normalized spacial score (nSPS) is 14.0. The van der Waals surface area contributed by atoms with Crippen molar-refractivity contribution in [3.63, 3.8) is 0 Å². The molecule has 6 N–H and O–H groups in total. The first-order valence-electron chi connectivity index (χ1n) is 9.06. The number of ketones is 1. The van der Waals surface area contributed by atoms with Gasteiger partial charge in [-0.25, -0.2) is 26.7 Å². The van der Waals surface area contributed by atoms with Crippen molar-refractivity contribution in [2.24, 2.45) is 22.4 Å². The Labute approximate surface area is 183 Å². The molecule has 0 heterocycles. The minimum atomic E-state index is -3.20. The highest BCUT2D eigenvalue weighted by molar-refractivity contribution is 5.94. The second-order valence-corrected chi connectivity index (χ2v) is 6.80. The van der Waals surface area contributed by atoms with Gasteiger partial charge in [0.15, 0.2) is 34.6 Å². The SMILES string of the molecule is NN=Cc1ccc(OC(=O)C(N)(CC(=O)C(N)CC=O)c2c(F)c(F)c(F)c(F)c2F)cc1. The van der Waals surface area contributed by atoms with E-state index in [-0.39, 0.29) is 12.0 Å². The number of halogens is 5. The summed E-state index contributed by atoms with van der Waals surface area (Å²) >= 11 is 0. The van der Waals surface area contributed by atoms with Gasteiger partial charge in [-0.2, -0.15) is 5.10 Å². The third kappa shape index (κ3) is 5.21. The maximum Gasteiger partial charge on any atom is 0.336 e. The number of nitrogens with two attached hydrogens (primary N) is 3. The molecule has 2 aromatic rings. The Balaban J connectivity index is 2.59. The number of aldehydes is 1. The van der Waals surface area contributed by atoms with Crippen molar-refractivity contribution in [2.45, 2.75) is 24.4 Å². The van der Waals surface area contributed by atoms with Gasteiger partial charge in [0.2, 0.25) is 5.82 Å². The van der Waals surface area contributed by atoms with Crippen LogP contribution in [0.4, 0.5) is 22.0 Å². The number of benzene rings is 2. The summed E-state index contributed by atoms with van der Waals surface area (Å²) in [7, 11) is 0. The van der Waals surface area contributed by atoms with Gasteiger partial charge in [0.05, 0.1) is 17.8 Å². The maximum absolute atomic E-state index is 14.5. The number of Topliss-reactive ketones (excluding diaryl/α,β-unsaturated/α-hetero) is 1. The fourth-order valence-corrected chi connectivity index (χ4v) is 2.81. The first kappa shape index (κ1) is 25.5. The first-order chi connectivity index (χ1) is 15.5. The molecular weight excluding hydrogens is 455 g/mol. The van der Waals surface area contributed by atoms with E-state index >= 15 is 0 Å². The van der Waals surface area contributed by atoms with Gasteiger partial charge in [0, 0.05) is 12.8 Å². The molecule has 0 aliphatic heterocycles. The molecule has 0 aliphatic rings. The average Bonchev–Trinajstić information content (AvgIpc) is 2.78. The molecule has 0 bridgehead atoms. The zero-order valence-electron chi connectivity index (χ0n) is 16.7. The van der Waals surface area contributed by atoms with E-state index in [9.17, 15) is 36.3 Å². The smallest absolute Gasteiger partial charge is 0.336 e. The Morgan fingerprint density at radius 2 is 1.52 bits per heavy atom. The fraction of sp³-hybridized carbons (Fsp3) is 0.200. The van der Waals surface area contributed by atoms with E-state index in [0.29, 0.717) is 5.56 Å². The van der Waals surface area contributed by atoms with E-state index in [1.54, 1.807) is 0 Å². The van der Waals surface area contributed by atoms with Crippen LogP contribution in [0.1, 0.15) is 24.0 Å².